The number of likely N-dealkylation sites (N-methyl/N-ethyl adjacent to an activating group) is 1. The fourth-order valence-corrected chi connectivity index (χ4v) is 3.08. The van der Waals surface area contributed by atoms with Gasteiger partial charge in [0, 0.05) is 12.2 Å². The molecule has 1 aliphatic heterocycles. The van der Waals surface area contributed by atoms with Gasteiger partial charge in [-0.25, -0.2) is 0 Å². The number of nitrogens with one attached hydrogen (secondary N) is 1. The zero-order valence-electron chi connectivity index (χ0n) is 16.8. The molecule has 5 nitrogen and oxygen atoms in total. The molecule has 0 atom stereocenters. The molecule has 0 spiro atoms. The van der Waals surface area contributed by atoms with Crippen LogP contribution in [0.5, 0.6) is 5.75 Å². The van der Waals surface area contributed by atoms with E-state index in [-0.39, 0.29) is 11.8 Å². The van der Waals surface area contributed by atoms with Crippen molar-refractivity contribution < 1.29 is 14.3 Å². The lowest BCUT2D eigenvalue weighted by Crippen LogP contribution is -2.32. The number of benzene rings is 2. The molecule has 1 heterocycles. The van der Waals surface area contributed by atoms with E-state index in [2.05, 4.69) is 19.2 Å². The number of amides is 2. The molecule has 0 aromatic heterocycles. The highest BCUT2D eigenvalue weighted by atomic mass is 16.5. The maximum atomic E-state index is 12.9. The van der Waals surface area contributed by atoms with Gasteiger partial charge in [0.15, 0.2) is 0 Å². The summed E-state index contributed by atoms with van der Waals surface area (Å²) in [7, 11) is 0. The highest BCUT2D eigenvalue weighted by Crippen LogP contribution is 2.32. The van der Waals surface area contributed by atoms with Gasteiger partial charge in [0.1, 0.15) is 11.4 Å². The molecule has 0 bridgehead atoms. The number of carbonyl (C=O) groups is 2. The third-order valence-corrected chi connectivity index (χ3v) is 4.62. The number of aryl methyl sites for hydroxylation is 1. The molecule has 0 saturated carbocycles. The zero-order valence-corrected chi connectivity index (χ0v) is 16.8. The van der Waals surface area contributed by atoms with E-state index in [9.17, 15) is 9.59 Å². The first-order valence-electron chi connectivity index (χ1n) is 9.58. The lowest BCUT2D eigenvalue weighted by molar-refractivity contribution is -0.136. The smallest absolute Gasteiger partial charge is 0.278 e. The molecule has 0 saturated heterocycles. The fraction of sp³-hybridized carbons (Fsp3) is 0.304. The molecule has 2 amide bonds. The number of carbonyl (C=O) groups excluding carboxylic acids is 2. The van der Waals surface area contributed by atoms with Crippen LogP contribution in [0.4, 0.5) is 5.69 Å². The van der Waals surface area contributed by atoms with Crippen LogP contribution in [-0.4, -0.2) is 29.9 Å². The fourth-order valence-electron chi connectivity index (χ4n) is 3.08. The second-order valence-electron chi connectivity index (χ2n) is 7.27. The summed E-state index contributed by atoms with van der Waals surface area (Å²) in [5.74, 6) is 0.598. The van der Waals surface area contributed by atoms with Crippen molar-refractivity contribution in [2.75, 3.05) is 18.5 Å². The molecule has 0 unspecified atom stereocenters. The second kappa shape index (κ2) is 8.30. The number of hydrogen-bond acceptors (Lipinski definition) is 4. The summed E-state index contributed by atoms with van der Waals surface area (Å²) in [4.78, 5) is 27.0. The van der Waals surface area contributed by atoms with Gasteiger partial charge in [-0.15, -0.1) is 0 Å². The van der Waals surface area contributed by atoms with Gasteiger partial charge in [-0.3, -0.25) is 14.5 Å². The molecule has 1 N–H and O–H groups in total. The van der Waals surface area contributed by atoms with Gasteiger partial charge >= 0.3 is 0 Å². The first kappa shape index (κ1) is 19.7. The summed E-state index contributed by atoms with van der Waals surface area (Å²) >= 11 is 0. The Kier molecular flexibility index (Phi) is 5.83. The average molecular weight is 378 g/mol. The maximum absolute atomic E-state index is 12.9. The Morgan fingerprint density at radius 2 is 1.68 bits per heavy atom. The van der Waals surface area contributed by atoms with E-state index in [1.165, 1.54) is 4.90 Å². The molecule has 0 radical (unpaired) electrons. The molecular formula is C23H26N2O3. The SMILES string of the molecule is CCN1C(=O)C(Nc2ccccc2C)=C(c2ccc(OCC(C)C)cc2)C1=O. The Bertz CT molecular complexity index is 914. The number of hydrogen-bond donors (Lipinski definition) is 1. The molecule has 1 aliphatic rings. The van der Waals surface area contributed by atoms with Crippen molar-refractivity contribution in [2.45, 2.75) is 27.7 Å². The Balaban J connectivity index is 1.97. The Hall–Kier alpha value is -3.08. The molecule has 146 valence electrons. The lowest BCUT2D eigenvalue weighted by Gasteiger charge is -2.12. The van der Waals surface area contributed by atoms with Crippen LogP contribution in [-0.2, 0) is 9.59 Å². The van der Waals surface area contributed by atoms with Crippen LogP contribution in [0.2, 0.25) is 0 Å². The quantitative estimate of drug-likeness (QED) is 0.732. The van der Waals surface area contributed by atoms with E-state index >= 15 is 0 Å². The number of rotatable bonds is 7. The summed E-state index contributed by atoms with van der Waals surface area (Å²) in [6, 6.07) is 15.0. The lowest BCUT2D eigenvalue weighted by atomic mass is 10.0. The van der Waals surface area contributed by atoms with Crippen molar-refractivity contribution in [3.05, 3.63) is 65.4 Å². The van der Waals surface area contributed by atoms with Crippen LogP contribution in [0.25, 0.3) is 5.57 Å². The third-order valence-electron chi connectivity index (χ3n) is 4.62. The van der Waals surface area contributed by atoms with Gasteiger partial charge in [0.2, 0.25) is 0 Å². The van der Waals surface area contributed by atoms with Crippen molar-refractivity contribution in [1.82, 2.24) is 4.90 Å². The summed E-state index contributed by atoms with van der Waals surface area (Å²) in [5.41, 5.74) is 3.22. The highest BCUT2D eigenvalue weighted by Gasteiger charge is 2.38. The zero-order chi connectivity index (χ0) is 20.3. The van der Waals surface area contributed by atoms with Crippen LogP contribution in [0.15, 0.2) is 54.2 Å². The number of para-hydroxylation sites is 1. The number of anilines is 1. The van der Waals surface area contributed by atoms with E-state index in [4.69, 9.17) is 4.74 Å². The van der Waals surface area contributed by atoms with Crippen molar-refractivity contribution in [2.24, 2.45) is 5.92 Å². The van der Waals surface area contributed by atoms with E-state index in [0.717, 1.165) is 17.0 Å². The molecule has 5 heteroatoms. The standard InChI is InChI=1S/C23H26N2O3/c1-5-25-22(26)20(17-10-12-18(13-11-17)28-14-15(2)3)21(23(25)27)24-19-9-7-6-8-16(19)4/h6-13,15,24H,5,14H2,1-4H3. The normalized spacial score (nSPS) is 14.2. The number of nitrogens with zero attached hydrogens (tertiary/aromatic N) is 1. The second-order valence-corrected chi connectivity index (χ2v) is 7.27. The van der Waals surface area contributed by atoms with Gasteiger partial charge in [-0.2, -0.15) is 0 Å². The van der Waals surface area contributed by atoms with Crippen molar-refractivity contribution in [1.29, 1.82) is 0 Å². The summed E-state index contributed by atoms with van der Waals surface area (Å²) in [5, 5.41) is 3.19. The molecule has 2 aromatic rings. The molecule has 0 aliphatic carbocycles. The highest BCUT2D eigenvalue weighted by molar-refractivity contribution is 6.36. The van der Waals surface area contributed by atoms with Gasteiger partial charge in [-0.05, 0) is 49.1 Å². The number of ether oxygens (including phenoxy) is 1. The van der Waals surface area contributed by atoms with Gasteiger partial charge < -0.3 is 10.1 Å². The van der Waals surface area contributed by atoms with Crippen LogP contribution < -0.4 is 10.1 Å². The van der Waals surface area contributed by atoms with E-state index in [1.807, 2.05) is 55.5 Å². The topological polar surface area (TPSA) is 58.6 Å². The summed E-state index contributed by atoms with van der Waals surface area (Å²) in [6.07, 6.45) is 0. The minimum atomic E-state index is -0.300. The minimum Gasteiger partial charge on any atom is -0.493 e. The molecule has 3 rings (SSSR count). The van der Waals surface area contributed by atoms with Crippen LogP contribution >= 0.6 is 0 Å². The van der Waals surface area contributed by atoms with Crippen molar-refractivity contribution in [3.8, 4) is 5.75 Å². The Morgan fingerprint density at radius 3 is 2.29 bits per heavy atom. The summed E-state index contributed by atoms with van der Waals surface area (Å²) in [6.45, 7) is 8.89. The molecule has 0 fully saturated rings. The summed E-state index contributed by atoms with van der Waals surface area (Å²) < 4.78 is 5.72. The van der Waals surface area contributed by atoms with Gasteiger partial charge in [-0.1, -0.05) is 44.2 Å². The van der Waals surface area contributed by atoms with E-state index < -0.39 is 0 Å². The maximum Gasteiger partial charge on any atom is 0.278 e. The molecule has 28 heavy (non-hydrogen) atoms. The van der Waals surface area contributed by atoms with Gasteiger partial charge in [0.05, 0.1) is 12.2 Å². The minimum absolute atomic E-state index is 0.278. The Morgan fingerprint density at radius 1 is 1.00 bits per heavy atom. The number of imide groups is 1. The van der Waals surface area contributed by atoms with E-state index in [1.54, 1.807) is 6.92 Å². The molecular weight excluding hydrogens is 352 g/mol. The van der Waals surface area contributed by atoms with Crippen molar-refractivity contribution in [3.63, 3.8) is 0 Å². The first-order valence-corrected chi connectivity index (χ1v) is 9.58. The first-order chi connectivity index (χ1) is 13.4. The van der Waals surface area contributed by atoms with Gasteiger partial charge in [0.25, 0.3) is 11.8 Å². The Labute approximate surface area is 166 Å². The predicted octanol–water partition coefficient (Wildman–Crippen LogP) is 4.24. The molecule has 2 aromatic carbocycles. The predicted molar refractivity (Wildman–Crippen MR) is 111 cm³/mol. The van der Waals surface area contributed by atoms with Crippen LogP contribution in [0.3, 0.4) is 0 Å². The monoisotopic (exact) mass is 378 g/mol. The van der Waals surface area contributed by atoms with Crippen LogP contribution in [0.1, 0.15) is 31.9 Å². The largest absolute Gasteiger partial charge is 0.493 e. The van der Waals surface area contributed by atoms with Crippen LogP contribution in [0, 0.1) is 12.8 Å². The van der Waals surface area contributed by atoms with Crippen molar-refractivity contribution >= 4 is 23.1 Å². The van der Waals surface area contributed by atoms with E-state index in [0.29, 0.717) is 35.9 Å². The average Bonchev–Trinajstić information content (AvgIpc) is 2.91. The third kappa shape index (κ3) is 3.93.